The average molecular weight is 429 g/mol. The van der Waals surface area contributed by atoms with E-state index in [9.17, 15) is 4.79 Å². The summed E-state index contributed by atoms with van der Waals surface area (Å²) in [5.74, 6) is 0.803. The van der Waals surface area contributed by atoms with Crippen LogP contribution in [0.15, 0.2) is 85.5 Å². The van der Waals surface area contributed by atoms with E-state index in [1.54, 1.807) is 24.5 Å². The van der Waals surface area contributed by atoms with Crippen molar-refractivity contribution >= 4 is 23.2 Å². The third-order valence-corrected chi connectivity index (χ3v) is 6.30. The lowest BCUT2D eigenvalue weighted by Gasteiger charge is -2.39. The summed E-state index contributed by atoms with van der Waals surface area (Å²) >= 11 is 6.21. The Labute approximate surface area is 185 Å². The lowest BCUT2D eigenvalue weighted by atomic mass is 9.72. The maximum atomic E-state index is 13.0. The van der Waals surface area contributed by atoms with E-state index >= 15 is 0 Å². The van der Waals surface area contributed by atoms with Crippen LogP contribution >= 0.6 is 11.6 Å². The predicted octanol–water partition coefficient (Wildman–Crippen LogP) is 5.37. The fourth-order valence-electron chi connectivity index (χ4n) is 4.79. The van der Waals surface area contributed by atoms with Crippen LogP contribution in [0.2, 0.25) is 5.02 Å². The summed E-state index contributed by atoms with van der Waals surface area (Å²) < 4.78 is 2.20. The monoisotopic (exact) mass is 428 g/mol. The van der Waals surface area contributed by atoms with Gasteiger partial charge in [-0.2, -0.15) is 0 Å². The van der Waals surface area contributed by atoms with Crippen molar-refractivity contribution in [2.24, 2.45) is 5.92 Å². The molecule has 4 aromatic rings. The number of imidazole rings is 1. The zero-order valence-corrected chi connectivity index (χ0v) is 17.8. The predicted molar refractivity (Wildman–Crippen MR) is 122 cm³/mol. The molecule has 0 radical (unpaired) electrons. The second kappa shape index (κ2) is 7.67. The zero-order valence-electron chi connectivity index (χ0n) is 17.0. The van der Waals surface area contributed by atoms with Crippen LogP contribution in [-0.4, -0.2) is 20.4 Å². The quantitative estimate of drug-likeness (QED) is 0.465. The molecule has 2 atom stereocenters. The number of nitrogens with zero attached hydrogens (tertiary/aromatic N) is 3. The largest absolute Gasteiger partial charge is 0.326 e. The molecule has 1 aliphatic heterocycles. The van der Waals surface area contributed by atoms with E-state index in [1.165, 1.54) is 0 Å². The van der Waals surface area contributed by atoms with E-state index < -0.39 is 5.54 Å². The molecule has 1 amide bonds. The maximum absolute atomic E-state index is 13.0. The lowest BCUT2D eigenvalue weighted by molar-refractivity contribution is -0.117. The van der Waals surface area contributed by atoms with Gasteiger partial charge in [-0.3, -0.25) is 9.78 Å². The second-order valence-electron chi connectivity index (χ2n) is 7.83. The molecule has 154 valence electrons. The van der Waals surface area contributed by atoms with Gasteiger partial charge in [0.05, 0.1) is 0 Å². The highest BCUT2D eigenvalue weighted by molar-refractivity contribution is 6.30. The van der Waals surface area contributed by atoms with Gasteiger partial charge in [-0.25, -0.2) is 4.98 Å². The highest BCUT2D eigenvalue weighted by Gasteiger charge is 2.49. The Bertz CT molecular complexity index is 1240. The average Bonchev–Trinajstić information content (AvgIpc) is 3.36. The van der Waals surface area contributed by atoms with Crippen LogP contribution in [0, 0.1) is 5.92 Å². The van der Waals surface area contributed by atoms with Crippen LogP contribution in [-0.2, 0) is 10.3 Å². The second-order valence-corrected chi connectivity index (χ2v) is 8.27. The van der Waals surface area contributed by atoms with Crippen molar-refractivity contribution in [3.63, 3.8) is 0 Å². The van der Waals surface area contributed by atoms with Gasteiger partial charge in [0.25, 0.3) is 0 Å². The molecule has 0 saturated heterocycles. The van der Waals surface area contributed by atoms with E-state index in [2.05, 4.69) is 38.9 Å². The van der Waals surface area contributed by atoms with Gasteiger partial charge in [0.15, 0.2) is 0 Å². The van der Waals surface area contributed by atoms with E-state index in [0.29, 0.717) is 11.4 Å². The molecular formula is C25H21ClN4O. The van der Waals surface area contributed by atoms with Gasteiger partial charge in [0.1, 0.15) is 11.4 Å². The van der Waals surface area contributed by atoms with Gasteiger partial charge in [0, 0.05) is 47.5 Å². The Hall–Kier alpha value is -3.44. The number of anilines is 1. The van der Waals surface area contributed by atoms with Gasteiger partial charge in [-0.1, -0.05) is 54.9 Å². The molecule has 2 unspecified atom stereocenters. The summed E-state index contributed by atoms with van der Waals surface area (Å²) in [6, 6.07) is 19.8. The number of halogens is 1. The molecule has 31 heavy (non-hydrogen) atoms. The summed E-state index contributed by atoms with van der Waals surface area (Å²) in [5.41, 5.74) is 3.48. The SMILES string of the molecule is CC(CC(=O)Nc1ccncc1)C1(c2ccc(Cl)cc2)c2ccccc2-c2nccn21. The van der Waals surface area contributed by atoms with Crippen LogP contribution in [0.5, 0.6) is 0 Å². The summed E-state index contributed by atoms with van der Waals surface area (Å²) in [5, 5.41) is 3.67. The minimum atomic E-state index is -0.567. The first-order valence-corrected chi connectivity index (χ1v) is 10.6. The normalized spacial score (nSPS) is 17.6. The molecule has 3 heterocycles. The van der Waals surface area contributed by atoms with Gasteiger partial charge >= 0.3 is 0 Å². The Kier molecular flexibility index (Phi) is 4.83. The Morgan fingerprint density at radius 3 is 2.58 bits per heavy atom. The molecule has 0 aliphatic carbocycles. The molecule has 0 fully saturated rings. The number of hydrogen-bond acceptors (Lipinski definition) is 3. The van der Waals surface area contributed by atoms with Crippen LogP contribution in [0.25, 0.3) is 11.4 Å². The molecule has 1 aliphatic rings. The molecule has 5 nitrogen and oxygen atoms in total. The number of benzene rings is 2. The van der Waals surface area contributed by atoms with Crippen molar-refractivity contribution < 1.29 is 4.79 Å². The van der Waals surface area contributed by atoms with Crippen molar-refractivity contribution in [1.29, 1.82) is 0 Å². The third kappa shape index (κ3) is 3.13. The van der Waals surface area contributed by atoms with Crippen molar-refractivity contribution in [1.82, 2.24) is 14.5 Å². The first kappa shape index (κ1) is 19.5. The molecule has 5 rings (SSSR count). The molecule has 1 N–H and O–H groups in total. The fraction of sp³-hybridized carbons (Fsp3) is 0.160. The summed E-state index contributed by atoms with van der Waals surface area (Å²) in [6.45, 7) is 2.12. The van der Waals surface area contributed by atoms with Crippen molar-refractivity contribution in [2.75, 3.05) is 5.32 Å². The Morgan fingerprint density at radius 1 is 1.06 bits per heavy atom. The number of carbonyl (C=O) groups is 1. The first-order valence-electron chi connectivity index (χ1n) is 10.2. The molecule has 0 spiro atoms. The summed E-state index contributed by atoms with van der Waals surface area (Å²) in [7, 11) is 0. The van der Waals surface area contributed by atoms with Crippen LogP contribution in [0.1, 0.15) is 24.5 Å². The van der Waals surface area contributed by atoms with Crippen molar-refractivity contribution in [2.45, 2.75) is 18.9 Å². The molecule has 6 heteroatoms. The Balaban J connectivity index is 1.61. The third-order valence-electron chi connectivity index (χ3n) is 6.05. The zero-order chi connectivity index (χ0) is 21.4. The number of aromatic nitrogens is 3. The number of pyridine rings is 1. The molecule has 2 aromatic heterocycles. The van der Waals surface area contributed by atoms with Crippen LogP contribution in [0.3, 0.4) is 0 Å². The number of hydrogen-bond donors (Lipinski definition) is 1. The first-order chi connectivity index (χ1) is 15.1. The fourth-order valence-corrected chi connectivity index (χ4v) is 4.91. The number of fused-ring (bicyclic) bond motifs is 3. The topological polar surface area (TPSA) is 59.8 Å². The van der Waals surface area contributed by atoms with Crippen LogP contribution in [0.4, 0.5) is 5.69 Å². The van der Waals surface area contributed by atoms with E-state index in [-0.39, 0.29) is 11.8 Å². The highest BCUT2D eigenvalue weighted by Crippen LogP contribution is 2.52. The molecule has 0 saturated carbocycles. The van der Waals surface area contributed by atoms with Gasteiger partial charge in [0.2, 0.25) is 5.91 Å². The minimum Gasteiger partial charge on any atom is -0.326 e. The molecule has 2 aromatic carbocycles. The molecular weight excluding hydrogens is 408 g/mol. The van der Waals surface area contributed by atoms with E-state index in [0.717, 1.165) is 28.2 Å². The Morgan fingerprint density at radius 2 is 1.81 bits per heavy atom. The van der Waals surface area contributed by atoms with Gasteiger partial charge in [-0.15, -0.1) is 0 Å². The van der Waals surface area contributed by atoms with Crippen molar-refractivity contribution in [3.05, 3.63) is 102 Å². The molecule has 0 bridgehead atoms. The highest BCUT2D eigenvalue weighted by atomic mass is 35.5. The van der Waals surface area contributed by atoms with E-state index in [1.807, 2.05) is 48.8 Å². The van der Waals surface area contributed by atoms with Gasteiger partial charge < -0.3 is 9.88 Å². The smallest absolute Gasteiger partial charge is 0.224 e. The van der Waals surface area contributed by atoms with E-state index in [4.69, 9.17) is 11.6 Å². The van der Waals surface area contributed by atoms with Crippen molar-refractivity contribution in [3.8, 4) is 11.4 Å². The number of nitrogens with one attached hydrogen (secondary N) is 1. The van der Waals surface area contributed by atoms with Crippen LogP contribution < -0.4 is 5.32 Å². The van der Waals surface area contributed by atoms with Gasteiger partial charge in [-0.05, 0) is 41.3 Å². The number of amides is 1. The standard InChI is InChI=1S/C25H21ClN4O/c1-17(16-23(31)29-20-10-12-27-13-11-20)25(18-6-8-19(26)9-7-18)22-5-3-2-4-21(22)24-28-14-15-30(24)25/h2-15,17H,16H2,1H3,(H,27,29,31). The summed E-state index contributed by atoms with van der Waals surface area (Å²) in [6.07, 6.45) is 7.48. The lowest BCUT2D eigenvalue weighted by Crippen LogP contribution is -2.41. The number of carbonyl (C=O) groups excluding carboxylic acids is 1. The maximum Gasteiger partial charge on any atom is 0.224 e. The minimum absolute atomic E-state index is 0.0434. The number of rotatable bonds is 5. The summed E-state index contributed by atoms with van der Waals surface area (Å²) in [4.78, 5) is 21.6.